The monoisotopic (exact) mass is 477 g/mol. The third kappa shape index (κ3) is 6.61. The zero-order chi connectivity index (χ0) is 25.5. The number of hydrogen-bond acceptors (Lipinski definition) is 5. The average Bonchev–Trinajstić information content (AvgIpc) is 2.85. The molecule has 2 heterocycles. The number of amides is 2. The Morgan fingerprint density at radius 2 is 2.00 bits per heavy atom. The van der Waals surface area contributed by atoms with Gasteiger partial charge in [-0.3, -0.25) is 9.59 Å². The van der Waals surface area contributed by atoms with Gasteiger partial charge in [-0.05, 0) is 31.0 Å². The van der Waals surface area contributed by atoms with E-state index in [-0.39, 0.29) is 36.3 Å². The molecule has 1 aromatic heterocycles. The van der Waals surface area contributed by atoms with Crippen molar-refractivity contribution in [1.82, 2.24) is 14.8 Å². The van der Waals surface area contributed by atoms with Crippen LogP contribution < -0.4 is 4.74 Å². The highest BCUT2D eigenvalue weighted by Gasteiger charge is 2.34. The van der Waals surface area contributed by atoms with Crippen LogP contribution in [-0.4, -0.2) is 70.6 Å². The SMILES string of the molecule is CC(C)CC#Cc1cnc2c(c1)C(=O)N([C@@H](C)CO)C[C@@H](C)[C@@H](CN(C)C(=O)c1ccccc1)O2. The maximum atomic E-state index is 13.5. The molecule has 1 aliphatic rings. The van der Waals surface area contributed by atoms with Crippen molar-refractivity contribution in [1.29, 1.82) is 0 Å². The minimum absolute atomic E-state index is 0.107. The van der Waals surface area contributed by atoms with Crippen LogP contribution in [0.2, 0.25) is 0 Å². The first-order valence-corrected chi connectivity index (χ1v) is 12.1. The summed E-state index contributed by atoms with van der Waals surface area (Å²) in [7, 11) is 1.74. The standard InChI is InChI=1S/C28H35N3O4/c1-19(2)10-9-11-22-14-24-26(29-15-22)35-25(20(3)16-31(28(24)34)21(4)18-32)17-30(5)27(33)23-12-7-6-8-13-23/h6-8,12-15,19-21,25,32H,10,16-18H2,1-5H3/t20-,21+,25-/m1/s1. The molecule has 1 N–H and O–H groups in total. The molecule has 3 atom stereocenters. The molecule has 0 bridgehead atoms. The lowest BCUT2D eigenvalue weighted by Gasteiger charge is -2.37. The Kier molecular flexibility index (Phi) is 8.89. The maximum Gasteiger partial charge on any atom is 0.259 e. The highest BCUT2D eigenvalue weighted by molar-refractivity contribution is 5.97. The van der Waals surface area contributed by atoms with Crippen LogP contribution in [0.15, 0.2) is 42.6 Å². The number of aliphatic hydroxyl groups is 1. The fourth-order valence-corrected chi connectivity index (χ4v) is 3.90. The largest absolute Gasteiger partial charge is 0.472 e. The van der Waals surface area contributed by atoms with Crippen molar-refractivity contribution in [2.24, 2.45) is 11.8 Å². The van der Waals surface area contributed by atoms with Gasteiger partial charge in [-0.2, -0.15) is 0 Å². The van der Waals surface area contributed by atoms with Crippen molar-refractivity contribution in [2.45, 2.75) is 46.3 Å². The Balaban J connectivity index is 1.93. The number of fused-ring (bicyclic) bond motifs is 1. The molecule has 3 rings (SSSR count). The van der Waals surface area contributed by atoms with Gasteiger partial charge in [0.2, 0.25) is 5.88 Å². The summed E-state index contributed by atoms with van der Waals surface area (Å²) >= 11 is 0. The van der Waals surface area contributed by atoms with Crippen LogP contribution >= 0.6 is 0 Å². The van der Waals surface area contributed by atoms with E-state index < -0.39 is 6.10 Å². The number of hydrogen-bond donors (Lipinski definition) is 1. The molecule has 2 amide bonds. The van der Waals surface area contributed by atoms with Crippen LogP contribution in [0.4, 0.5) is 0 Å². The summed E-state index contributed by atoms with van der Waals surface area (Å²) < 4.78 is 6.27. The summed E-state index contributed by atoms with van der Waals surface area (Å²) in [6.45, 7) is 8.52. The fourth-order valence-electron chi connectivity index (χ4n) is 3.90. The summed E-state index contributed by atoms with van der Waals surface area (Å²) in [4.78, 5) is 34.1. The number of rotatable bonds is 6. The molecule has 0 radical (unpaired) electrons. The van der Waals surface area contributed by atoms with Crippen LogP contribution in [-0.2, 0) is 0 Å². The van der Waals surface area contributed by atoms with Crippen LogP contribution in [0.5, 0.6) is 5.88 Å². The van der Waals surface area contributed by atoms with E-state index >= 15 is 0 Å². The van der Waals surface area contributed by atoms with E-state index in [0.717, 1.165) is 6.42 Å². The van der Waals surface area contributed by atoms with Crippen LogP contribution in [0.1, 0.15) is 60.4 Å². The van der Waals surface area contributed by atoms with Crippen molar-refractivity contribution < 1.29 is 19.4 Å². The van der Waals surface area contributed by atoms with E-state index in [1.54, 1.807) is 41.2 Å². The topological polar surface area (TPSA) is 83.0 Å². The predicted octanol–water partition coefficient (Wildman–Crippen LogP) is 3.47. The average molecular weight is 478 g/mol. The Morgan fingerprint density at radius 3 is 2.66 bits per heavy atom. The molecule has 7 heteroatoms. The predicted molar refractivity (Wildman–Crippen MR) is 135 cm³/mol. The smallest absolute Gasteiger partial charge is 0.259 e. The summed E-state index contributed by atoms with van der Waals surface area (Å²) in [6.07, 6.45) is 1.95. The first kappa shape index (κ1) is 26.2. The minimum Gasteiger partial charge on any atom is -0.472 e. The number of pyridine rings is 1. The minimum atomic E-state index is -0.404. The molecule has 2 aromatic rings. The van der Waals surface area contributed by atoms with Crippen LogP contribution in [0.25, 0.3) is 0 Å². The van der Waals surface area contributed by atoms with Crippen molar-refractivity contribution >= 4 is 11.8 Å². The molecular formula is C28H35N3O4. The number of ether oxygens (including phenoxy) is 1. The summed E-state index contributed by atoms with van der Waals surface area (Å²) in [5.74, 6) is 6.41. The second-order valence-corrected chi connectivity index (χ2v) is 9.65. The molecule has 0 aliphatic carbocycles. The Hall–Kier alpha value is -3.37. The van der Waals surface area contributed by atoms with Gasteiger partial charge in [0.25, 0.3) is 11.8 Å². The molecule has 1 aromatic carbocycles. The molecule has 35 heavy (non-hydrogen) atoms. The van der Waals surface area contributed by atoms with Gasteiger partial charge in [0.1, 0.15) is 11.7 Å². The van der Waals surface area contributed by atoms with Crippen molar-refractivity contribution in [2.75, 3.05) is 26.7 Å². The first-order valence-electron chi connectivity index (χ1n) is 12.1. The molecule has 0 fully saturated rings. The Bertz CT molecular complexity index is 1090. The van der Waals surface area contributed by atoms with Gasteiger partial charge >= 0.3 is 0 Å². The number of carbonyl (C=O) groups is 2. The quantitative estimate of drug-likeness (QED) is 0.644. The summed E-state index contributed by atoms with van der Waals surface area (Å²) in [6, 6.07) is 10.4. The second-order valence-electron chi connectivity index (χ2n) is 9.65. The van der Waals surface area contributed by atoms with Crippen molar-refractivity contribution in [3.05, 3.63) is 59.3 Å². The van der Waals surface area contributed by atoms with Gasteiger partial charge in [0.15, 0.2) is 0 Å². The number of aromatic nitrogens is 1. The van der Waals surface area contributed by atoms with Gasteiger partial charge < -0.3 is 19.6 Å². The third-order valence-corrected chi connectivity index (χ3v) is 6.09. The molecule has 186 valence electrons. The Labute approximate surface area is 208 Å². The van der Waals surface area contributed by atoms with Gasteiger partial charge in [0, 0.05) is 43.3 Å². The zero-order valence-corrected chi connectivity index (χ0v) is 21.2. The molecule has 0 spiro atoms. The number of benzene rings is 1. The molecule has 7 nitrogen and oxygen atoms in total. The number of aliphatic hydroxyl groups excluding tert-OH is 1. The third-order valence-electron chi connectivity index (χ3n) is 6.09. The van der Waals surface area contributed by atoms with E-state index in [4.69, 9.17) is 4.74 Å². The number of carbonyl (C=O) groups excluding carboxylic acids is 2. The van der Waals surface area contributed by atoms with Crippen LogP contribution in [0, 0.1) is 23.7 Å². The first-order chi connectivity index (χ1) is 16.7. The van der Waals surface area contributed by atoms with Gasteiger partial charge in [0.05, 0.1) is 19.2 Å². The molecule has 0 unspecified atom stereocenters. The van der Waals surface area contributed by atoms with Crippen molar-refractivity contribution in [3.63, 3.8) is 0 Å². The summed E-state index contributed by atoms with van der Waals surface area (Å²) in [5.41, 5.74) is 1.55. The highest BCUT2D eigenvalue weighted by Crippen LogP contribution is 2.27. The van der Waals surface area contributed by atoms with E-state index in [2.05, 4.69) is 30.7 Å². The maximum absolute atomic E-state index is 13.5. The lowest BCUT2D eigenvalue weighted by molar-refractivity contribution is 0.0313. The van der Waals surface area contributed by atoms with Crippen LogP contribution in [0.3, 0.4) is 0 Å². The zero-order valence-electron chi connectivity index (χ0n) is 21.2. The highest BCUT2D eigenvalue weighted by atomic mass is 16.5. The normalized spacial score (nSPS) is 18.5. The number of likely N-dealkylation sites (N-methyl/N-ethyl adjacent to an activating group) is 1. The fraction of sp³-hybridized carbons (Fsp3) is 0.464. The molecule has 0 saturated carbocycles. The molecular weight excluding hydrogens is 442 g/mol. The van der Waals surface area contributed by atoms with E-state index in [0.29, 0.717) is 35.7 Å². The van der Waals surface area contributed by atoms with E-state index in [1.807, 2.05) is 32.0 Å². The van der Waals surface area contributed by atoms with Crippen molar-refractivity contribution in [3.8, 4) is 17.7 Å². The van der Waals surface area contributed by atoms with Gasteiger partial charge in [-0.15, -0.1) is 0 Å². The van der Waals surface area contributed by atoms with E-state index in [1.165, 1.54) is 0 Å². The lowest BCUT2D eigenvalue weighted by Crippen LogP contribution is -2.50. The molecule has 0 saturated heterocycles. The Morgan fingerprint density at radius 1 is 1.29 bits per heavy atom. The summed E-state index contributed by atoms with van der Waals surface area (Å²) in [5, 5.41) is 9.82. The van der Waals surface area contributed by atoms with E-state index in [9.17, 15) is 14.7 Å². The van der Waals surface area contributed by atoms with Gasteiger partial charge in [-0.25, -0.2) is 4.98 Å². The lowest BCUT2D eigenvalue weighted by atomic mass is 9.99. The second kappa shape index (κ2) is 11.9. The number of nitrogens with zero attached hydrogens (tertiary/aromatic N) is 3. The van der Waals surface area contributed by atoms with Gasteiger partial charge in [-0.1, -0.05) is 50.8 Å². The molecule has 1 aliphatic heterocycles.